The third-order valence-electron chi connectivity index (χ3n) is 4.37. The minimum Gasteiger partial charge on any atom is -0.486 e. The van der Waals surface area contributed by atoms with Gasteiger partial charge in [-0.05, 0) is 17.7 Å². The van der Waals surface area contributed by atoms with Crippen molar-refractivity contribution in [2.24, 2.45) is 0 Å². The predicted molar refractivity (Wildman–Crippen MR) is 107 cm³/mol. The molecule has 0 bridgehead atoms. The molecule has 5 heteroatoms. The molecule has 0 amide bonds. The highest BCUT2D eigenvalue weighted by Gasteiger charge is 2.19. The van der Waals surface area contributed by atoms with E-state index >= 15 is 0 Å². The average molecular weight is 370 g/mol. The summed E-state index contributed by atoms with van der Waals surface area (Å²) in [5.74, 6) is -0.169. The van der Waals surface area contributed by atoms with E-state index < -0.39 is 5.97 Å². The number of pyridine rings is 2. The van der Waals surface area contributed by atoms with Gasteiger partial charge in [-0.15, -0.1) is 0 Å². The lowest BCUT2D eigenvalue weighted by Gasteiger charge is -2.13. The first-order valence-corrected chi connectivity index (χ1v) is 8.86. The van der Waals surface area contributed by atoms with Crippen LogP contribution in [0.4, 0.5) is 0 Å². The van der Waals surface area contributed by atoms with Crippen LogP contribution in [0.1, 0.15) is 16.1 Å². The zero-order valence-electron chi connectivity index (χ0n) is 15.3. The van der Waals surface area contributed by atoms with Crippen molar-refractivity contribution in [2.75, 3.05) is 7.11 Å². The molecule has 28 heavy (non-hydrogen) atoms. The van der Waals surface area contributed by atoms with Crippen molar-refractivity contribution >= 4 is 16.9 Å². The Balaban J connectivity index is 1.78. The minimum absolute atomic E-state index is 0.139. The van der Waals surface area contributed by atoms with Crippen LogP contribution in [0.25, 0.3) is 22.2 Å². The van der Waals surface area contributed by atoms with E-state index in [4.69, 9.17) is 14.5 Å². The molecular formula is C23H18N2O3. The second-order valence-corrected chi connectivity index (χ2v) is 6.20. The first-order chi connectivity index (χ1) is 13.8. The Morgan fingerprint density at radius 2 is 1.64 bits per heavy atom. The molecule has 5 nitrogen and oxygen atoms in total. The Hall–Kier alpha value is -3.73. The molecule has 138 valence electrons. The average Bonchev–Trinajstić information content (AvgIpc) is 2.77. The van der Waals surface area contributed by atoms with Gasteiger partial charge in [0.05, 0.1) is 24.5 Å². The molecule has 4 aromatic rings. The number of rotatable bonds is 5. The summed E-state index contributed by atoms with van der Waals surface area (Å²) in [6.07, 6.45) is 1.57. The van der Waals surface area contributed by atoms with E-state index in [-0.39, 0.29) is 5.69 Å². The van der Waals surface area contributed by atoms with E-state index in [0.717, 1.165) is 16.8 Å². The topological polar surface area (TPSA) is 61.3 Å². The molecule has 0 aliphatic carbocycles. The molecule has 0 saturated heterocycles. The smallest absolute Gasteiger partial charge is 0.360 e. The molecule has 0 aliphatic heterocycles. The highest BCUT2D eigenvalue weighted by molar-refractivity contribution is 5.98. The first kappa shape index (κ1) is 17.7. The number of hydrogen-bond acceptors (Lipinski definition) is 5. The fourth-order valence-corrected chi connectivity index (χ4v) is 2.96. The van der Waals surface area contributed by atoms with Crippen LogP contribution in [0.2, 0.25) is 0 Å². The lowest BCUT2D eigenvalue weighted by molar-refractivity contribution is 0.0589. The van der Waals surface area contributed by atoms with Gasteiger partial charge in [0.25, 0.3) is 0 Å². The third kappa shape index (κ3) is 3.55. The second-order valence-electron chi connectivity index (χ2n) is 6.20. The molecule has 2 aromatic carbocycles. The maximum Gasteiger partial charge on any atom is 0.360 e. The van der Waals surface area contributed by atoms with Crippen LogP contribution in [0.3, 0.4) is 0 Å². The predicted octanol–water partition coefficient (Wildman–Crippen LogP) is 4.66. The second kappa shape index (κ2) is 7.88. The maximum atomic E-state index is 12.2. The Kier molecular flexibility index (Phi) is 4.97. The van der Waals surface area contributed by atoms with Gasteiger partial charge in [-0.3, -0.25) is 0 Å². The van der Waals surface area contributed by atoms with E-state index in [9.17, 15) is 4.79 Å². The molecule has 0 saturated carbocycles. The van der Waals surface area contributed by atoms with Gasteiger partial charge >= 0.3 is 5.97 Å². The number of esters is 1. The van der Waals surface area contributed by atoms with Crippen LogP contribution in [0, 0.1) is 0 Å². The van der Waals surface area contributed by atoms with Gasteiger partial charge in [-0.1, -0.05) is 60.7 Å². The van der Waals surface area contributed by atoms with Gasteiger partial charge in [0.1, 0.15) is 6.61 Å². The molecule has 0 unspecified atom stereocenters. The zero-order valence-corrected chi connectivity index (χ0v) is 15.3. The molecule has 2 aromatic heterocycles. The number of benzene rings is 2. The number of ether oxygens (including phenoxy) is 2. The number of carbonyl (C=O) groups excluding carboxylic acids is 1. The Bertz CT molecular complexity index is 1110. The Labute approximate surface area is 162 Å². The fraction of sp³-hybridized carbons (Fsp3) is 0.0870. The summed E-state index contributed by atoms with van der Waals surface area (Å²) in [6, 6.07) is 23.4. The Morgan fingerprint density at radius 3 is 2.36 bits per heavy atom. The van der Waals surface area contributed by atoms with Crippen LogP contribution in [0.5, 0.6) is 5.75 Å². The molecular weight excluding hydrogens is 352 g/mol. The van der Waals surface area contributed by atoms with Gasteiger partial charge < -0.3 is 9.47 Å². The van der Waals surface area contributed by atoms with E-state index in [2.05, 4.69) is 4.98 Å². The molecule has 0 N–H and O–H groups in total. The van der Waals surface area contributed by atoms with Crippen molar-refractivity contribution in [3.05, 3.63) is 90.3 Å². The fourth-order valence-electron chi connectivity index (χ4n) is 2.96. The lowest BCUT2D eigenvalue weighted by Crippen LogP contribution is -2.09. The van der Waals surface area contributed by atoms with Gasteiger partial charge in [0.2, 0.25) is 0 Å². The summed E-state index contributed by atoms with van der Waals surface area (Å²) in [4.78, 5) is 21.1. The van der Waals surface area contributed by atoms with E-state index in [0.29, 0.717) is 23.3 Å². The van der Waals surface area contributed by atoms with Crippen molar-refractivity contribution in [3.63, 3.8) is 0 Å². The van der Waals surface area contributed by atoms with Gasteiger partial charge in [-0.2, -0.15) is 0 Å². The van der Waals surface area contributed by atoms with Crippen molar-refractivity contribution in [3.8, 4) is 17.0 Å². The lowest BCUT2D eigenvalue weighted by atomic mass is 10.1. The van der Waals surface area contributed by atoms with Gasteiger partial charge in [-0.25, -0.2) is 14.8 Å². The minimum atomic E-state index is -0.544. The highest BCUT2D eigenvalue weighted by atomic mass is 16.5. The quantitative estimate of drug-likeness (QED) is 0.478. The Morgan fingerprint density at radius 1 is 0.929 bits per heavy atom. The number of fused-ring (bicyclic) bond motifs is 1. The van der Waals surface area contributed by atoms with Crippen molar-refractivity contribution in [2.45, 2.75) is 6.61 Å². The summed E-state index contributed by atoms with van der Waals surface area (Å²) in [7, 11) is 1.33. The van der Waals surface area contributed by atoms with Crippen LogP contribution < -0.4 is 4.74 Å². The molecule has 0 aliphatic rings. The first-order valence-electron chi connectivity index (χ1n) is 8.86. The molecule has 4 rings (SSSR count). The highest BCUT2D eigenvalue weighted by Crippen LogP contribution is 2.30. The van der Waals surface area contributed by atoms with Crippen molar-refractivity contribution in [1.29, 1.82) is 0 Å². The molecule has 0 fully saturated rings. The summed E-state index contributed by atoms with van der Waals surface area (Å²) < 4.78 is 10.9. The van der Waals surface area contributed by atoms with Crippen molar-refractivity contribution < 1.29 is 14.3 Å². The van der Waals surface area contributed by atoms with E-state index in [1.165, 1.54) is 7.11 Å². The number of aromatic nitrogens is 2. The molecule has 0 radical (unpaired) electrons. The SMILES string of the molecule is COC(=O)c1ncc2nc(-c3ccccc3)ccc2c1OCc1ccccc1. The summed E-state index contributed by atoms with van der Waals surface area (Å²) >= 11 is 0. The zero-order chi connectivity index (χ0) is 19.3. The van der Waals surface area contributed by atoms with Crippen LogP contribution in [-0.2, 0) is 11.3 Å². The van der Waals surface area contributed by atoms with Gasteiger partial charge in [0, 0.05) is 10.9 Å². The van der Waals surface area contributed by atoms with Crippen LogP contribution >= 0.6 is 0 Å². The maximum absolute atomic E-state index is 12.2. The summed E-state index contributed by atoms with van der Waals surface area (Å²) in [5.41, 5.74) is 3.62. The number of methoxy groups -OCH3 is 1. The molecule has 0 atom stereocenters. The van der Waals surface area contributed by atoms with E-state index in [1.807, 2.05) is 72.8 Å². The number of nitrogens with zero attached hydrogens (tertiary/aromatic N) is 2. The molecule has 2 heterocycles. The molecule has 0 spiro atoms. The number of carbonyl (C=O) groups is 1. The normalized spacial score (nSPS) is 10.6. The largest absolute Gasteiger partial charge is 0.486 e. The summed E-state index contributed by atoms with van der Waals surface area (Å²) in [5, 5.41) is 0.714. The summed E-state index contributed by atoms with van der Waals surface area (Å²) in [6.45, 7) is 0.312. The van der Waals surface area contributed by atoms with Gasteiger partial charge in [0.15, 0.2) is 11.4 Å². The van der Waals surface area contributed by atoms with E-state index in [1.54, 1.807) is 6.20 Å². The van der Waals surface area contributed by atoms with Crippen LogP contribution in [-0.4, -0.2) is 23.0 Å². The number of hydrogen-bond donors (Lipinski definition) is 0. The monoisotopic (exact) mass is 370 g/mol. The standard InChI is InChI=1S/C23H18N2O3/c1-27-23(26)21-22(28-15-16-8-4-2-5-9-16)18-12-13-19(25-20(18)14-24-21)17-10-6-3-7-11-17/h2-14H,15H2,1H3. The van der Waals surface area contributed by atoms with Crippen molar-refractivity contribution in [1.82, 2.24) is 9.97 Å². The van der Waals surface area contributed by atoms with Crippen LogP contribution in [0.15, 0.2) is 79.0 Å². The third-order valence-corrected chi connectivity index (χ3v) is 4.37.